The van der Waals surface area contributed by atoms with E-state index in [1.165, 1.54) is 30.3 Å². The maximum Gasteiger partial charge on any atom is 0.267 e. The average Bonchev–Trinajstić information content (AvgIpc) is 3.03. The molecule has 26 heavy (non-hydrogen) atoms. The summed E-state index contributed by atoms with van der Waals surface area (Å²) in [5, 5.41) is 5.86. The van der Waals surface area contributed by atoms with Gasteiger partial charge in [0.1, 0.15) is 17.3 Å². The third kappa shape index (κ3) is 3.88. The minimum absolute atomic E-state index is 0.189. The van der Waals surface area contributed by atoms with Gasteiger partial charge in [0.2, 0.25) is 0 Å². The largest absolute Gasteiger partial charge is 0.351 e. The van der Waals surface area contributed by atoms with Gasteiger partial charge in [0.15, 0.2) is 0 Å². The molecule has 0 unspecified atom stereocenters. The van der Waals surface area contributed by atoms with Crippen LogP contribution in [-0.2, 0) is 0 Å². The monoisotopic (exact) mass is 357 g/mol. The number of halogens is 2. The van der Waals surface area contributed by atoms with Crippen LogP contribution in [0, 0.1) is 18.6 Å². The number of aromatic nitrogens is 1. The molecule has 0 saturated carbocycles. The normalized spacial score (nSPS) is 10.7. The van der Waals surface area contributed by atoms with Crippen LogP contribution in [0.15, 0.2) is 42.5 Å². The molecular weight excluding hydrogens is 340 g/mol. The van der Waals surface area contributed by atoms with Crippen LogP contribution in [0.2, 0.25) is 0 Å². The Bertz CT molecular complexity index is 982. The van der Waals surface area contributed by atoms with Crippen molar-refractivity contribution in [2.45, 2.75) is 6.92 Å². The molecule has 0 spiro atoms. The van der Waals surface area contributed by atoms with Crippen LogP contribution >= 0.6 is 0 Å². The summed E-state index contributed by atoms with van der Waals surface area (Å²) in [5.41, 5.74) is 1.65. The Hall–Kier alpha value is -3.22. The number of nitrogens with one attached hydrogen (secondary N) is 3. The van der Waals surface area contributed by atoms with E-state index in [4.69, 9.17) is 0 Å². The number of rotatable bonds is 5. The summed E-state index contributed by atoms with van der Waals surface area (Å²) in [6.45, 7) is 2.00. The van der Waals surface area contributed by atoms with E-state index in [9.17, 15) is 18.4 Å². The number of aryl methyl sites for hydroxylation is 1. The van der Waals surface area contributed by atoms with Gasteiger partial charge in [-0.2, -0.15) is 0 Å². The summed E-state index contributed by atoms with van der Waals surface area (Å²) in [6, 6.07) is 10.0. The second-order valence-corrected chi connectivity index (χ2v) is 5.89. The molecule has 0 aliphatic rings. The van der Waals surface area contributed by atoms with E-state index >= 15 is 0 Å². The lowest BCUT2D eigenvalue weighted by molar-refractivity contribution is 0.0925. The molecule has 3 aromatic rings. The Labute approximate surface area is 148 Å². The van der Waals surface area contributed by atoms with Gasteiger partial charge in [-0.05, 0) is 48.9 Å². The molecule has 0 aliphatic heterocycles. The highest BCUT2D eigenvalue weighted by Gasteiger charge is 2.11. The molecule has 0 fully saturated rings. The Morgan fingerprint density at radius 3 is 2.42 bits per heavy atom. The molecule has 134 valence electrons. The first kappa shape index (κ1) is 17.6. The third-order valence-electron chi connectivity index (χ3n) is 3.96. The molecule has 3 N–H and O–H groups in total. The smallest absolute Gasteiger partial charge is 0.267 e. The summed E-state index contributed by atoms with van der Waals surface area (Å²) >= 11 is 0. The van der Waals surface area contributed by atoms with Crippen molar-refractivity contribution < 1.29 is 18.4 Å². The molecular formula is C19H17F2N3O2. The van der Waals surface area contributed by atoms with Crippen LogP contribution in [-0.4, -0.2) is 29.9 Å². The van der Waals surface area contributed by atoms with E-state index in [2.05, 4.69) is 15.6 Å². The lowest BCUT2D eigenvalue weighted by Crippen LogP contribution is -2.34. The number of aromatic amines is 1. The quantitative estimate of drug-likeness (QED) is 0.614. The number of fused-ring (bicyclic) bond motifs is 1. The fourth-order valence-corrected chi connectivity index (χ4v) is 2.51. The average molecular weight is 357 g/mol. The summed E-state index contributed by atoms with van der Waals surface area (Å²) in [6.07, 6.45) is 0. The van der Waals surface area contributed by atoms with Crippen LogP contribution in [0.3, 0.4) is 0 Å². The molecule has 2 aromatic carbocycles. The maximum atomic E-state index is 13.5. The van der Waals surface area contributed by atoms with Gasteiger partial charge < -0.3 is 15.6 Å². The molecule has 7 heteroatoms. The zero-order valence-electron chi connectivity index (χ0n) is 14.0. The first-order valence-electron chi connectivity index (χ1n) is 8.05. The Morgan fingerprint density at radius 1 is 0.962 bits per heavy atom. The van der Waals surface area contributed by atoms with E-state index in [0.717, 1.165) is 0 Å². The van der Waals surface area contributed by atoms with Crippen molar-refractivity contribution in [3.63, 3.8) is 0 Å². The van der Waals surface area contributed by atoms with Gasteiger partial charge in [0.25, 0.3) is 11.8 Å². The van der Waals surface area contributed by atoms with Gasteiger partial charge in [0.05, 0.1) is 0 Å². The highest BCUT2D eigenvalue weighted by Crippen LogP contribution is 2.16. The summed E-state index contributed by atoms with van der Waals surface area (Å²) in [5.74, 6) is -1.60. The maximum absolute atomic E-state index is 13.5. The van der Waals surface area contributed by atoms with Gasteiger partial charge in [-0.15, -0.1) is 0 Å². The molecule has 1 aromatic heterocycles. The predicted octanol–water partition coefficient (Wildman–Crippen LogP) is 2.91. The van der Waals surface area contributed by atoms with E-state index in [1.807, 2.05) is 0 Å². The minimum atomic E-state index is -0.443. The Morgan fingerprint density at radius 2 is 1.69 bits per heavy atom. The Balaban J connectivity index is 1.51. The highest BCUT2D eigenvalue weighted by atomic mass is 19.1. The van der Waals surface area contributed by atoms with E-state index in [0.29, 0.717) is 22.2 Å². The number of H-pyrrole nitrogens is 1. The first-order chi connectivity index (χ1) is 12.4. The van der Waals surface area contributed by atoms with Crippen LogP contribution < -0.4 is 10.6 Å². The second-order valence-electron chi connectivity index (χ2n) is 5.89. The lowest BCUT2D eigenvalue weighted by atomic mass is 10.1. The number of benzene rings is 2. The molecule has 2 amide bonds. The molecule has 3 rings (SSSR count). The van der Waals surface area contributed by atoms with Gasteiger partial charge in [-0.3, -0.25) is 9.59 Å². The van der Waals surface area contributed by atoms with E-state index < -0.39 is 11.7 Å². The molecule has 0 radical (unpaired) electrons. The van der Waals surface area contributed by atoms with Crippen molar-refractivity contribution in [1.29, 1.82) is 0 Å². The van der Waals surface area contributed by atoms with Crippen molar-refractivity contribution >= 4 is 22.7 Å². The fourth-order valence-electron chi connectivity index (χ4n) is 2.51. The molecule has 0 atom stereocenters. The zero-order valence-corrected chi connectivity index (χ0v) is 14.0. The highest BCUT2D eigenvalue weighted by molar-refractivity contribution is 5.98. The van der Waals surface area contributed by atoms with Crippen LogP contribution in [0.5, 0.6) is 0 Å². The van der Waals surface area contributed by atoms with E-state index in [-0.39, 0.29) is 30.4 Å². The number of carbonyl (C=O) groups is 2. The molecule has 1 heterocycles. The van der Waals surface area contributed by atoms with Crippen LogP contribution in [0.4, 0.5) is 8.78 Å². The van der Waals surface area contributed by atoms with Gasteiger partial charge in [-0.25, -0.2) is 8.78 Å². The standard InChI is InChI=1S/C19H17F2N3O2/c1-11-2-3-12(9-15(11)21)18(25)22-6-7-23-19(26)17-10-13-8-14(20)4-5-16(13)24-17/h2-5,8-10,24H,6-7H2,1H3,(H,22,25)(H,23,26). The van der Waals surface area contributed by atoms with Gasteiger partial charge >= 0.3 is 0 Å². The molecule has 0 bridgehead atoms. The summed E-state index contributed by atoms with van der Waals surface area (Å²) in [4.78, 5) is 26.9. The predicted molar refractivity (Wildman–Crippen MR) is 94.1 cm³/mol. The summed E-state index contributed by atoms with van der Waals surface area (Å²) in [7, 11) is 0. The van der Waals surface area contributed by atoms with Crippen molar-refractivity contribution in [2.24, 2.45) is 0 Å². The molecule has 0 aliphatic carbocycles. The second kappa shape index (κ2) is 7.35. The number of amides is 2. The van der Waals surface area contributed by atoms with Crippen LogP contribution in [0.25, 0.3) is 10.9 Å². The molecule has 0 saturated heterocycles. The molecule has 5 nitrogen and oxygen atoms in total. The van der Waals surface area contributed by atoms with Crippen molar-refractivity contribution in [1.82, 2.24) is 15.6 Å². The van der Waals surface area contributed by atoms with Crippen molar-refractivity contribution in [3.05, 3.63) is 70.9 Å². The zero-order chi connectivity index (χ0) is 18.7. The van der Waals surface area contributed by atoms with E-state index in [1.54, 1.807) is 19.1 Å². The van der Waals surface area contributed by atoms with Crippen molar-refractivity contribution in [2.75, 3.05) is 13.1 Å². The van der Waals surface area contributed by atoms with Gasteiger partial charge in [0, 0.05) is 29.6 Å². The number of hydrogen-bond donors (Lipinski definition) is 3. The lowest BCUT2D eigenvalue weighted by Gasteiger charge is -2.07. The van der Waals surface area contributed by atoms with Crippen LogP contribution in [0.1, 0.15) is 26.4 Å². The Kier molecular flexibility index (Phi) is 4.97. The third-order valence-corrected chi connectivity index (χ3v) is 3.96. The topological polar surface area (TPSA) is 74.0 Å². The fraction of sp³-hybridized carbons (Fsp3) is 0.158. The number of hydrogen-bond acceptors (Lipinski definition) is 2. The van der Waals surface area contributed by atoms with Gasteiger partial charge in [-0.1, -0.05) is 6.07 Å². The SMILES string of the molecule is Cc1ccc(C(=O)NCCNC(=O)c2cc3cc(F)ccc3[nH]2)cc1F. The summed E-state index contributed by atoms with van der Waals surface area (Å²) < 4.78 is 26.7. The number of carbonyl (C=O) groups excluding carboxylic acids is 2. The minimum Gasteiger partial charge on any atom is -0.351 e. The van der Waals surface area contributed by atoms with Crippen molar-refractivity contribution in [3.8, 4) is 0 Å². The first-order valence-corrected chi connectivity index (χ1v) is 8.05.